The Balaban J connectivity index is 2.23. The molecule has 1 rings (SSSR count). The van der Waals surface area contributed by atoms with Gasteiger partial charge in [-0.3, -0.25) is 4.79 Å². The van der Waals surface area contributed by atoms with Crippen molar-refractivity contribution in [1.29, 1.82) is 0 Å². The third-order valence-electron chi connectivity index (χ3n) is 2.14. The Bertz CT molecular complexity index is 298. The van der Waals surface area contributed by atoms with Crippen molar-refractivity contribution in [3.8, 4) is 0 Å². The van der Waals surface area contributed by atoms with Gasteiger partial charge in [-0.1, -0.05) is 13.8 Å². The van der Waals surface area contributed by atoms with Crippen LogP contribution in [0, 0.1) is 5.92 Å². The number of hydrogen-bond acceptors (Lipinski definition) is 4. The number of nitrogens with one attached hydrogen (secondary N) is 1. The van der Waals surface area contributed by atoms with Crippen LogP contribution < -0.4 is 11.1 Å². The van der Waals surface area contributed by atoms with Crippen molar-refractivity contribution in [3.05, 3.63) is 16.6 Å². The zero-order valence-corrected chi connectivity index (χ0v) is 9.88. The summed E-state index contributed by atoms with van der Waals surface area (Å²) >= 11 is 1.60. The third kappa shape index (κ3) is 3.97. The van der Waals surface area contributed by atoms with Crippen molar-refractivity contribution in [1.82, 2.24) is 10.3 Å². The van der Waals surface area contributed by atoms with E-state index in [-0.39, 0.29) is 11.8 Å². The molecule has 1 amide bonds. The van der Waals surface area contributed by atoms with Gasteiger partial charge in [-0.15, -0.1) is 11.3 Å². The van der Waals surface area contributed by atoms with Crippen LogP contribution >= 0.6 is 11.3 Å². The molecular formula is C10H17N3OS. The van der Waals surface area contributed by atoms with E-state index >= 15 is 0 Å². The van der Waals surface area contributed by atoms with Crippen LogP contribution in [0.3, 0.4) is 0 Å². The van der Waals surface area contributed by atoms with Crippen molar-refractivity contribution in [2.24, 2.45) is 11.7 Å². The molecule has 0 aliphatic carbocycles. The molecule has 3 N–H and O–H groups in total. The zero-order valence-electron chi connectivity index (χ0n) is 9.06. The highest BCUT2D eigenvalue weighted by molar-refractivity contribution is 7.09. The highest BCUT2D eigenvalue weighted by atomic mass is 32.1. The zero-order chi connectivity index (χ0) is 11.3. The molecule has 4 nitrogen and oxygen atoms in total. The Morgan fingerprint density at radius 1 is 1.67 bits per heavy atom. The second kappa shape index (κ2) is 5.82. The number of nitrogens with zero attached hydrogens (tertiary/aromatic N) is 1. The number of rotatable bonds is 5. The minimum atomic E-state index is -0.415. The van der Waals surface area contributed by atoms with Gasteiger partial charge in [0.25, 0.3) is 0 Å². The predicted molar refractivity (Wildman–Crippen MR) is 61.6 cm³/mol. The maximum Gasteiger partial charge on any atom is 0.237 e. The second-order valence-electron chi connectivity index (χ2n) is 3.74. The Labute approximate surface area is 93.9 Å². The lowest BCUT2D eigenvalue weighted by atomic mass is 10.1. The van der Waals surface area contributed by atoms with E-state index in [1.165, 1.54) is 0 Å². The molecule has 84 valence electrons. The first-order valence-corrected chi connectivity index (χ1v) is 5.91. The van der Waals surface area contributed by atoms with Crippen molar-refractivity contribution < 1.29 is 4.79 Å². The fraction of sp³-hybridized carbons (Fsp3) is 0.600. The van der Waals surface area contributed by atoms with Crippen LogP contribution in [-0.4, -0.2) is 23.5 Å². The number of aromatic nitrogens is 1. The highest BCUT2D eigenvalue weighted by Gasteiger charge is 2.16. The van der Waals surface area contributed by atoms with E-state index in [2.05, 4.69) is 10.3 Å². The minimum Gasteiger partial charge on any atom is -0.354 e. The largest absolute Gasteiger partial charge is 0.354 e. The number of thiazole rings is 1. The summed E-state index contributed by atoms with van der Waals surface area (Å²) in [6.45, 7) is 4.48. The topological polar surface area (TPSA) is 68.0 Å². The van der Waals surface area contributed by atoms with E-state index in [1.54, 1.807) is 17.5 Å². The van der Waals surface area contributed by atoms with Gasteiger partial charge in [0, 0.05) is 24.5 Å². The highest BCUT2D eigenvalue weighted by Crippen LogP contribution is 2.03. The van der Waals surface area contributed by atoms with Crippen LogP contribution in [0.15, 0.2) is 11.6 Å². The van der Waals surface area contributed by atoms with Crippen LogP contribution in [0.4, 0.5) is 0 Å². The quantitative estimate of drug-likeness (QED) is 0.781. The summed E-state index contributed by atoms with van der Waals surface area (Å²) in [4.78, 5) is 15.6. The van der Waals surface area contributed by atoms with Gasteiger partial charge < -0.3 is 11.1 Å². The molecule has 0 unspecified atom stereocenters. The van der Waals surface area contributed by atoms with Crippen molar-refractivity contribution in [2.45, 2.75) is 26.3 Å². The molecule has 0 fully saturated rings. The van der Waals surface area contributed by atoms with Gasteiger partial charge in [-0.05, 0) is 5.92 Å². The van der Waals surface area contributed by atoms with E-state index in [1.807, 2.05) is 19.2 Å². The van der Waals surface area contributed by atoms with Gasteiger partial charge in [0.2, 0.25) is 5.91 Å². The van der Waals surface area contributed by atoms with Gasteiger partial charge >= 0.3 is 0 Å². The summed E-state index contributed by atoms with van der Waals surface area (Å²) in [6.07, 6.45) is 2.54. The summed E-state index contributed by atoms with van der Waals surface area (Å²) < 4.78 is 0. The summed E-state index contributed by atoms with van der Waals surface area (Å²) in [5, 5.41) is 5.77. The normalized spacial score (nSPS) is 12.8. The molecule has 5 heteroatoms. The molecule has 1 atom stereocenters. The smallest absolute Gasteiger partial charge is 0.237 e. The maximum atomic E-state index is 11.5. The van der Waals surface area contributed by atoms with E-state index in [0.29, 0.717) is 6.54 Å². The van der Waals surface area contributed by atoms with Crippen LogP contribution in [0.5, 0.6) is 0 Å². The molecule has 0 aliphatic heterocycles. The standard InChI is InChI=1S/C10H17N3OS/c1-7(2)9(11)10(14)13-4-3-8-12-5-6-15-8/h5-7,9H,3-4,11H2,1-2H3,(H,13,14)/t9-/m1/s1. The number of nitrogens with two attached hydrogens (primary N) is 1. The number of carbonyl (C=O) groups excluding carboxylic acids is 1. The monoisotopic (exact) mass is 227 g/mol. The van der Waals surface area contributed by atoms with Crippen molar-refractivity contribution in [2.75, 3.05) is 6.54 Å². The van der Waals surface area contributed by atoms with E-state index < -0.39 is 6.04 Å². The van der Waals surface area contributed by atoms with Gasteiger partial charge in [0.1, 0.15) is 0 Å². The average molecular weight is 227 g/mol. The van der Waals surface area contributed by atoms with E-state index in [9.17, 15) is 4.79 Å². The van der Waals surface area contributed by atoms with Crippen molar-refractivity contribution in [3.63, 3.8) is 0 Å². The summed E-state index contributed by atoms with van der Waals surface area (Å²) in [6, 6.07) is -0.415. The molecule has 0 aliphatic rings. The average Bonchev–Trinajstić information content (AvgIpc) is 2.69. The predicted octanol–water partition coefficient (Wildman–Crippen LogP) is 0.785. The molecule has 0 bridgehead atoms. The Morgan fingerprint density at radius 2 is 2.40 bits per heavy atom. The summed E-state index contributed by atoms with van der Waals surface area (Å²) in [7, 11) is 0. The van der Waals surface area contributed by atoms with Gasteiger partial charge in [0.15, 0.2) is 0 Å². The fourth-order valence-electron chi connectivity index (χ4n) is 1.09. The molecule has 1 aromatic rings. The first kappa shape index (κ1) is 12.1. The van der Waals surface area contributed by atoms with Gasteiger partial charge in [0.05, 0.1) is 11.0 Å². The SMILES string of the molecule is CC(C)[C@@H](N)C(=O)NCCc1nccs1. The molecule has 0 saturated heterocycles. The molecule has 0 spiro atoms. The van der Waals surface area contributed by atoms with Gasteiger partial charge in [-0.25, -0.2) is 4.98 Å². The molecule has 1 aromatic heterocycles. The molecule has 0 radical (unpaired) electrons. The van der Waals surface area contributed by atoms with Crippen LogP contribution in [0.1, 0.15) is 18.9 Å². The summed E-state index contributed by atoms with van der Waals surface area (Å²) in [5.74, 6) is 0.0893. The van der Waals surface area contributed by atoms with Crippen LogP contribution in [0.2, 0.25) is 0 Å². The van der Waals surface area contributed by atoms with Crippen LogP contribution in [-0.2, 0) is 11.2 Å². The lowest BCUT2D eigenvalue weighted by Gasteiger charge is -2.14. The lowest BCUT2D eigenvalue weighted by molar-refractivity contribution is -0.123. The maximum absolute atomic E-state index is 11.5. The second-order valence-corrected chi connectivity index (χ2v) is 4.72. The molecule has 0 aromatic carbocycles. The van der Waals surface area contributed by atoms with Crippen LogP contribution in [0.25, 0.3) is 0 Å². The molecular weight excluding hydrogens is 210 g/mol. The first-order valence-electron chi connectivity index (χ1n) is 5.03. The van der Waals surface area contributed by atoms with Gasteiger partial charge in [-0.2, -0.15) is 0 Å². The number of amides is 1. The molecule has 0 saturated carbocycles. The number of carbonyl (C=O) groups is 1. The Kier molecular flexibility index (Phi) is 4.71. The van der Waals surface area contributed by atoms with E-state index in [0.717, 1.165) is 11.4 Å². The summed E-state index contributed by atoms with van der Waals surface area (Å²) in [5.41, 5.74) is 5.69. The third-order valence-corrected chi connectivity index (χ3v) is 2.98. The fourth-order valence-corrected chi connectivity index (χ4v) is 1.71. The number of hydrogen-bond donors (Lipinski definition) is 2. The minimum absolute atomic E-state index is 0.0819. The molecule has 15 heavy (non-hydrogen) atoms. The first-order chi connectivity index (χ1) is 7.11. The Morgan fingerprint density at radius 3 is 2.93 bits per heavy atom. The van der Waals surface area contributed by atoms with Crippen molar-refractivity contribution >= 4 is 17.2 Å². The van der Waals surface area contributed by atoms with E-state index in [4.69, 9.17) is 5.73 Å². The Hall–Kier alpha value is -0.940. The molecule has 1 heterocycles. The lowest BCUT2D eigenvalue weighted by Crippen LogP contribution is -2.44.